The van der Waals surface area contributed by atoms with Crippen molar-refractivity contribution in [3.63, 3.8) is 0 Å². The Morgan fingerprint density at radius 1 is 0.722 bits per heavy atom. The Kier molecular flexibility index (Phi) is 3.44. The van der Waals surface area contributed by atoms with Crippen molar-refractivity contribution in [1.29, 1.82) is 0 Å². The average Bonchev–Trinajstić information content (AvgIpc) is 2.85. The van der Waals surface area contributed by atoms with Crippen molar-refractivity contribution in [2.75, 3.05) is 41.3 Å². The fourth-order valence-corrected chi connectivity index (χ4v) is 5.67. The van der Waals surface area contributed by atoms with Gasteiger partial charge in [-0.2, -0.15) is 0 Å². The third kappa shape index (κ3) is 2.22. The SMILES string of the molecule is CN(C)CC1CC2C3CC(CN(C)C)C(C3)C2C1. The van der Waals surface area contributed by atoms with Crippen molar-refractivity contribution < 1.29 is 0 Å². The van der Waals surface area contributed by atoms with Gasteiger partial charge >= 0.3 is 0 Å². The van der Waals surface area contributed by atoms with Gasteiger partial charge in [-0.3, -0.25) is 0 Å². The molecule has 2 bridgehead atoms. The highest BCUT2D eigenvalue weighted by molar-refractivity contribution is 5.05. The topological polar surface area (TPSA) is 6.48 Å². The van der Waals surface area contributed by atoms with Gasteiger partial charge in [0, 0.05) is 13.1 Å². The molecule has 0 amide bonds. The van der Waals surface area contributed by atoms with E-state index in [2.05, 4.69) is 38.0 Å². The van der Waals surface area contributed by atoms with Gasteiger partial charge in [0.1, 0.15) is 0 Å². The summed E-state index contributed by atoms with van der Waals surface area (Å²) >= 11 is 0. The van der Waals surface area contributed by atoms with Crippen LogP contribution in [0.3, 0.4) is 0 Å². The van der Waals surface area contributed by atoms with E-state index in [1.165, 1.54) is 19.5 Å². The molecule has 0 saturated heterocycles. The van der Waals surface area contributed by atoms with Gasteiger partial charge in [-0.05, 0) is 89.4 Å². The lowest BCUT2D eigenvalue weighted by molar-refractivity contribution is 0.158. The van der Waals surface area contributed by atoms with Crippen LogP contribution in [0, 0.1) is 35.5 Å². The predicted octanol–water partition coefficient (Wildman–Crippen LogP) is 2.41. The fourth-order valence-electron chi connectivity index (χ4n) is 5.67. The lowest BCUT2D eigenvalue weighted by Gasteiger charge is -2.33. The van der Waals surface area contributed by atoms with E-state index in [0.29, 0.717) is 0 Å². The molecule has 0 aromatic heterocycles. The van der Waals surface area contributed by atoms with Gasteiger partial charge in [-0.15, -0.1) is 0 Å². The largest absolute Gasteiger partial charge is 0.309 e. The third-order valence-corrected chi connectivity index (χ3v) is 5.93. The average molecular weight is 250 g/mol. The Morgan fingerprint density at radius 3 is 2.06 bits per heavy atom. The highest BCUT2D eigenvalue weighted by Gasteiger charge is 2.55. The zero-order valence-corrected chi connectivity index (χ0v) is 12.6. The molecule has 2 nitrogen and oxygen atoms in total. The summed E-state index contributed by atoms with van der Waals surface area (Å²) in [4.78, 5) is 4.80. The highest BCUT2D eigenvalue weighted by atomic mass is 15.1. The van der Waals surface area contributed by atoms with Crippen LogP contribution in [0.1, 0.15) is 25.7 Å². The first kappa shape index (κ1) is 12.9. The molecule has 3 saturated carbocycles. The summed E-state index contributed by atoms with van der Waals surface area (Å²) < 4.78 is 0. The van der Waals surface area contributed by atoms with Crippen molar-refractivity contribution in [3.8, 4) is 0 Å². The van der Waals surface area contributed by atoms with Crippen LogP contribution >= 0.6 is 0 Å². The molecule has 6 unspecified atom stereocenters. The molecule has 3 fully saturated rings. The van der Waals surface area contributed by atoms with E-state index in [1.807, 2.05) is 0 Å². The minimum absolute atomic E-state index is 0.999. The highest BCUT2D eigenvalue weighted by Crippen LogP contribution is 2.62. The smallest absolute Gasteiger partial charge is 0.000642 e. The lowest BCUT2D eigenvalue weighted by atomic mass is 9.75. The monoisotopic (exact) mass is 250 g/mol. The van der Waals surface area contributed by atoms with Crippen LogP contribution in [0.25, 0.3) is 0 Å². The Balaban J connectivity index is 1.62. The quantitative estimate of drug-likeness (QED) is 0.756. The fraction of sp³-hybridized carbons (Fsp3) is 1.00. The van der Waals surface area contributed by atoms with Gasteiger partial charge < -0.3 is 9.80 Å². The predicted molar refractivity (Wildman–Crippen MR) is 76.5 cm³/mol. The third-order valence-electron chi connectivity index (χ3n) is 5.93. The van der Waals surface area contributed by atoms with E-state index in [0.717, 1.165) is 35.5 Å². The Bertz CT molecular complexity index is 299. The Morgan fingerprint density at radius 2 is 1.39 bits per heavy atom. The molecular formula is C16H30N2. The summed E-state index contributed by atoms with van der Waals surface area (Å²) in [6.45, 7) is 2.66. The second-order valence-electron chi connectivity index (χ2n) is 7.85. The summed E-state index contributed by atoms with van der Waals surface area (Å²) in [7, 11) is 8.95. The molecule has 0 aromatic rings. The van der Waals surface area contributed by atoms with Crippen molar-refractivity contribution in [2.24, 2.45) is 35.5 Å². The first-order valence-corrected chi connectivity index (χ1v) is 7.84. The number of rotatable bonds is 4. The van der Waals surface area contributed by atoms with Crippen LogP contribution in [-0.2, 0) is 0 Å². The summed E-state index contributed by atoms with van der Waals surface area (Å²) in [5.74, 6) is 6.39. The van der Waals surface area contributed by atoms with Crippen molar-refractivity contribution >= 4 is 0 Å². The van der Waals surface area contributed by atoms with E-state index in [1.54, 1.807) is 19.3 Å². The van der Waals surface area contributed by atoms with E-state index in [9.17, 15) is 0 Å². The summed E-state index contributed by atoms with van der Waals surface area (Å²) in [5.41, 5.74) is 0. The standard InChI is InChI=1S/C16H30N2/c1-17(2)9-11-5-14-12-7-13(10-18(3)4)15(8-12)16(14)6-11/h11-16H,5-10H2,1-4H3. The molecule has 0 aliphatic heterocycles. The zero-order chi connectivity index (χ0) is 12.9. The minimum atomic E-state index is 0.999. The van der Waals surface area contributed by atoms with Crippen LogP contribution in [0.4, 0.5) is 0 Å². The first-order valence-electron chi connectivity index (χ1n) is 7.84. The second-order valence-corrected chi connectivity index (χ2v) is 7.85. The molecule has 18 heavy (non-hydrogen) atoms. The van der Waals surface area contributed by atoms with Gasteiger partial charge in [0.05, 0.1) is 0 Å². The maximum atomic E-state index is 2.41. The van der Waals surface area contributed by atoms with E-state index >= 15 is 0 Å². The molecule has 0 N–H and O–H groups in total. The van der Waals surface area contributed by atoms with E-state index in [-0.39, 0.29) is 0 Å². The Hall–Kier alpha value is -0.0800. The Labute approximate surface area is 113 Å². The molecule has 3 rings (SSSR count). The molecular weight excluding hydrogens is 220 g/mol. The number of nitrogens with zero attached hydrogens (tertiary/aromatic N) is 2. The molecule has 0 heterocycles. The molecule has 3 aliphatic rings. The van der Waals surface area contributed by atoms with Crippen molar-refractivity contribution in [2.45, 2.75) is 25.7 Å². The van der Waals surface area contributed by atoms with Gasteiger partial charge in [-0.1, -0.05) is 0 Å². The minimum Gasteiger partial charge on any atom is -0.309 e. The molecule has 0 spiro atoms. The van der Waals surface area contributed by atoms with Crippen molar-refractivity contribution in [1.82, 2.24) is 9.80 Å². The normalized spacial score (nSPS) is 46.3. The van der Waals surface area contributed by atoms with E-state index in [4.69, 9.17) is 0 Å². The van der Waals surface area contributed by atoms with Crippen LogP contribution in [-0.4, -0.2) is 51.1 Å². The van der Waals surface area contributed by atoms with Crippen LogP contribution in [0.5, 0.6) is 0 Å². The number of hydrogen-bond donors (Lipinski definition) is 0. The molecule has 104 valence electrons. The molecule has 0 aromatic carbocycles. The number of hydrogen-bond acceptors (Lipinski definition) is 2. The summed E-state index contributed by atoms with van der Waals surface area (Å²) in [6.07, 6.45) is 6.19. The lowest BCUT2D eigenvalue weighted by Crippen LogP contribution is -2.31. The van der Waals surface area contributed by atoms with Crippen LogP contribution in [0.15, 0.2) is 0 Å². The van der Waals surface area contributed by atoms with Gasteiger partial charge in [0.25, 0.3) is 0 Å². The first-order chi connectivity index (χ1) is 8.54. The molecule has 3 aliphatic carbocycles. The van der Waals surface area contributed by atoms with Crippen LogP contribution in [0.2, 0.25) is 0 Å². The number of fused-ring (bicyclic) bond motifs is 5. The van der Waals surface area contributed by atoms with Crippen LogP contribution < -0.4 is 0 Å². The van der Waals surface area contributed by atoms with Gasteiger partial charge in [0.2, 0.25) is 0 Å². The van der Waals surface area contributed by atoms with E-state index < -0.39 is 0 Å². The van der Waals surface area contributed by atoms with Gasteiger partial charge in [0.15, 0.2) is 0 Å². The zero-order valence-electron chi connectivity index (χ0n) is 12.6. The molecule has 6 atom stereocenters. The summed E-state index contributed by atoms with van der Waals surface area (Å²) in [5, 5.41) is 0. The second kappa shape index (κ2) is 4.79. The molecule has 2 heteroatoms. The maximum Gasteiger partial charge on any atom is 0.000642 e. The summed E-state index contributed by atoms with van der Waals surface area (Å²) in [6, 6.07) is 0. The van der Waals surface area contributed by atoms with Crippen molar-refractivity contribution in [3.05, 3.63) is 0 Å². The molecule has 0 radical (unpaired) electrons. The van der Waals surface area contributed by atoms with Gasteiger partial charge in [-0.25, -0.2) is 0 Å². The maximum absolute atomic E-state index is 2.41.